The summed E-state index contributed by atoms with van der Waals surface area (Å²) in [4.78, 5) is 0. The van der Waals surface area contributed by atoms with Crippen molar-refractivity contribution in [3.8, 4) is 5.75 Å². The van der Waals surface area contributed by atoms with Crippen LogP contribution in [0.5, 0.6) is 5.75 Å². The van der Waals surface area contributed by atoms with Gasteiger partial charge >= 0.3 is 0 Å². The molecular weight excluding hydrogens is 217 g/mol. The van der Waals surface area contributed by atoms with E-state index in [1.54, 1.807) is 6.07 Å². The number of rotatable bonds is 3. The van der Waals surface area contributed by atoms with Crippen molar-refractivity contribution in [1.29, 1.82) is 0 Å². The van der Waals surface area contributed by atoms with Crippen molar-refractivity contribution in [3.05, 3.63) is 29.6 Å². The van der Waals surface area contributed by atoms with Crippen LogP contribution in [0.1, 0.15) is 38.2 Å². The number of hydrogen-bond acceptors (Lipinski definition) is 2. The van der Waals surface area contributed by atoms with Gasteiger partial charge in [0.1, 0.15) is 0 Å². The van der Waals surface area contributed by atoms with Crippen LogP contribution in [-0.4, -0.2) is 7.11 Å². The molecule has 1 aromatic carbocycles. The first kappa shape index (κ1) is 12.4. The molecule has 94 valence electrons. The highest BCUT2D eigenvalue weighted by Crippen LogP contribution is 2.42. The maximum absolute atomic E-state index is 13.7. The molecule has 1 fully saturated rings. The zero-order valence-electron chi connectivity index (χ0n) is 10.5. The van der Waals surface area contributed by atoms with Gasteiger partial charge in [0.2, 0.25) is 0 Å². The molecule has 0 heterocycles. The van der Waals surface area contributed by atoms with E-state index in [2.05, 4.69) is 6.92 Å². The topological polar surface area (TPSA) is 35.2 Å². The lowest BCUT2D eigenvalue weighted by Crippen LogP contribution is -2.33. The fourth-order valence-electron chi connectivity index (χ4n) is 2.77. The van der Waals surface area contributed by atoms with Gasteiger partial charge in [-0.05, 0) is 42.9 Å². The van der Waals surface area contributed by atoms with Crippen molar-refractivity contribution >= 4 is 0 Å². The van der Waals surface area contributed by atoms with Gasteiger partial charge in [-0.3, -0.25) is 0 Å². The maximum atomic E-state index is 13.7. The summed E-state index contributed by atoms with van der Waals surface area (Å²) in [6, 6.07) is 5.08. The number of nitrogens with two attached hydrogens (primary N) is 1. The Morgan fingerprint density at radius 3 is 2.82 bits per heavy atom. The van der Waals surface area contributed by atoms with Crippen molar-refractivity contribution in [2.24, 2.45) is 11.7 Å². The first-order chi connectivity index (χ1) is 8.09. The molecule has 1 aliphatic carbocycles. The number of hydrogen-bond donors (Lipinski definition) is 1. The predicted molar refractivity (Wildman–Crippen MR) is 66.4 cm³/mol. The van der Waals surface area contributed by atoms with E-state index in [-0.39, 0.29) is 17.1 Å². The highest BCUT2D eigenvalue weighted by atomic mass is 19.1. The van der Waals surface area contributed by atoms with E-state index in [0.717, 1.165) is 31.2 Å². The lowest BCUT2D eigenvalue weighted by Gasteiger charge is -2.25. The SMILES string of the molecule is CCC1CCC(N)(c2ccc(OC)c(F)c2)C1. The van der Waals surface area contributed by atoms with E-state index in [1.165, 1.54) is 13.2 Å². The van der Waals surface area contributed by atoms with Gasteiger partial charge in [0.05, 0.1) is 7.11 Å². The van der Waals surface area contributed by atoms with Crippen LogP contribution in [0.2, 0.25) is 0 Å². The largest absolute Gasteiger partial charge is 0.494 e. The van der Waals surface area contributed by atoms with Crippen LogP contribution in [0.25, 0.3) is 0 Å². The third-order valence-corrected chi connectivity index (χ3v) is 3.96. The number of benzene rings is 1. The summed E-state index contributed by atoms with van der Waals surface area (Å²) in [6.07, 6.45) is 4.19. The molecule has 1 aliphatic rings. The maximum Gasteiger partial charge on any atom is 0.165 e. The van der Waals surface area contributed by atoms with Crippen LogP contribution in [0.3, 0.4) is 0 Å². The molecule has 1 saturated carbocycles. The molecule has 2 N–H and O–H groups in total. The van der Waals surface area contributed by atoms with Crippen molar-refractivity contribution in [2.75, 3.05) is 7.11 Å². The number of ether oxygens (including phenoxy) is 1. The molecule has 0 radical (unpaired) electrons. The average molecular weight is 237 g/mol. The summed E-state index contributed by atoms with van der Waals surface area (Å²) in [5.74, 6) is 0.627. The van der Waals surface area contributed by atoms with E-state index in [9.17, 15) is 4.39 Å². The van der Waals surface area contributed by atoms with E-state index >= 15 is 0 Å². The summed E-state index contributed by atoms with van der Waals surface area (Å²) in [6.45, 7) is 2.19. The van der Waals surface area contributed by atoms with Gasteiger partial charge in [0.25, 0.3) is 0 Å². The summed E-state index contributed by atoms with van der Waals surface area (Å²) in [7, 11) is 1.47. The Labute approximate surface area is 102 Å². The molecule has 0 spiro atoms. The second-order valence-electron chi connectivity index (χ2n) is 5.02. The van der Waals surface area contributed by atoms with E-state index < -0.39 is 0 Å². The standard InChI is InChI=1S/C14H20FNO/c1-3-10-6-7-14(16,9-10)11-4-5-13(17-2)12(15)8-11/h4-5,8,10H,3,6-7,9,16H2,1-2H3. The highest BCUT2D eigenvalue weighted by Gasteiger charge is 2.36. The van der Waals surface area contributed by atoms with Gasteiger partial charge in [-0.2, -0.15) is 0 Å². The third kappa shape index (κ3) is 2.29. The van der Waals surface area contributed by atoms with Crippen LogP contribution in [-0.2, 0) is 5.54 Å². The zero-order valence-corrected chi connectivity index (χ0v) is 10.5. The normalized spacial score (nSPS) is 28.4. The molecule has 3 heteroatoms. The second-order valence-corrected chi connectivity index (χ2v) is 5.02. The first-order valence-electron chi connectivity index (χ1n) is 6.22. The minimum atomic E-state index is -0.353. The third-order valence-electron chi connectivity index (χ3n) is 3.96. The lowest BCUT2D eigenvalue weighted by molar-refractivity contribution is 0.381. The average Bonchev–Trinajstić information content (AvgIpc) is 2.72. The molecule has 17 heavy (non-hydrogen) atoms. The highest BCUT2D eigenvalue weighted by molar-refractivity contribution is 5.34. The van der Waals surface area contributed by atoms with Gasteiger partial charge in [-0.1, -0.05) is 19.4 Å². The van der Waals surface area contributed by atoms with Crippen molar-refractivity contribution < 1.29 is 9.13 Å². The van der Waals surface area contributed by atoms with Gasteiger partial charge in [-0.25, -0.2) is 4.39 Å². The second kappa shape index (κ2) is 4.65. The summed E-state index contributed by atoms with van der Waals surface area (Å²) < 4.78 is 18.6. The van der Waals surface area contributed by atoms with Crippen LogP contribution in [0.4, 0.5) is 4.39 Å². The van der Waals surface area contributed by atoms with Gasteiger partial charge in [0, 0.05) is 5.54 Å². The molecule has 2 unspecified atom stereocenters. The summed E-state index contributed by atoms with van der Waals surface area (Å²) in [5, 5.41) is 0. The Kier molecular flexibility index (Phi) is 3.38. The van der Waals surface area contributed by atoms with Gasteiger partial charge < -0.3 is 10.5 Å². The van der Waals surface area contributed by atoms with Crippen LogP contribution >= 0.6 is 0 Å². The summed E-state index contributed by atoms with van der Waals surface area (Å²) in [5.41, 5.74) is 6.94. The van der Waals surface area contributed by atoms with Crippen LogP contribution in [0.15, 0.2) is 18.2 Å². The fourth-order valence-corrected chi connectivity index (χ4v) is 2.77. The van der Waals surface area contributed by atoms with E-state index in [4.69, 9.17) is 10.5 Å². The molecule has 2 rings (SSSR count). The minimum absolute atomic E-state index is 0.280. The Morgan fingerprint density at radius 2 is 2.29 bits per heavy atom. The fraction of sp³-hybridized carbons (Fsp3) is 0.571. The Bertz CT molecular complexity index is 407. The molecule has 0 bridgehead atoms. The molecule has 2 nitrogen and oxygen atoms in total. The molecule has 0 aliphatic heterocycles. The number of halogens is 1. The Hall–Kier alpha value is -1.09. The summed E-state index contributed by atoms with van der Waals surface area (Å²) >= 11 is 0. The molecule has 0 aromatic heterocycles. The predicted octanol–water partition coefficient (Wildman–Crippen LogP) is 3.20. The molecule has 0 saturated heterocycles. The van der Waals surface area contributed by atoms with Gasteiger partial charge in [-0.15, -0.1) is 0 Å². The van der Waals surface area contributed by atoms with Crippen molar-refractivity contribution in [3.63, 3.8) is 0 Å². The molecule has 1 aromatic rings. The Balaban J connectivity index is 2.25. The monoisotopic (exact) mass is 237 g/mol. The smallest absolute Gasteiger partial charge is 0.165 e. The molecular formula is C14H20FNO. The first-order valence-corrected chi connectivity index (χ1v) is 6.22. The molecule has 2 atom stereocenters. The minimum Gasteiger partial charge on any atom is -0.494 e. The van der Waals surface area contributed by atoms with Crippen molar-refractivity contribution in [2.45, 2.75) is 38.1 Å². The van der Waals surface area contributed by atoms with Crippen LogP contribution < -0.4 is 10.5 Å². The quantitative estimate of drug-likeness (QED) is 0.876. The zero-order chi connectivity index (χ0) is 12.5. The van der Waals surface area contributed by atoms with E-state index in [1.807, 2.05) is 6.07 Å². The lowest BCUT2D eigenvalue weighted by atomic mass is 9.88. The van der Waals surface area contributed by atoms with Crippen LogP contribution in [0, 0.1) is 11.7 Å². The number of methoxy groups -OCH3 is 1. The Morgan fingerprint density at radius 1 is 1.53 bits per heavy atom. The van der Waals surface area contributed by atoms with Crippen molar-refractivity contribution in [1.82, 2.24) is 0 Å². The van der Waals surface area contributed by atoms with Gasteiger partial charge in [0.15, 0.2) is 11.6 Å². The molecule has 0 amide bonds. The van der Waals surface area contributed by atoms with E-state index in [0.29, 0.717) is 5.92 Å².